The number of nitrogens with one attached hydrogen (secondary N) is 1. The third kappa shape index (κ3) is 3.17. The Morgan fingerprint density at radius 2 is 1.81 bits per heavy atom. The van der Waals surface area contributed by atoms with E-state index in [1.165, 1.54) is 5.56 Å². The predicted molar refractivity (Wildman–Crippen MR) is 99.2 cm³/mol. The number of rotatable bonds is 4. The Labute approximate surface area is 150 Å². The number of hydrogen-bond acceptors (Lipinski definition) is 4. The zero-order valence-corrected chi connectivity index (χ0v) is 14.3. The molecule has 2 aromatic carbocycles. The maximum absolute atomic E-state index is 12.6. The number of amides is 1. The summed E-state index contributed by atoms with van der Waals surface area (Å²) in [5.41, 5.74) is 3.83. The summed E-state index contributed by atoms with van der Waals surface area (Å²) in [5, 5.41) is 7.18. The van der Waals surface area contributed by atoms with Crippen molar-refractivity contribution in [1.82, 2.24) is 19.6 Å². The highest BCUT2D eigenvalue weighted by molar-refractivity contribution is 6.02. The number of hydrogen-bond donors (Lipinski definition) is 1. The van der Waals surface area contributed by atoms with Gasteiger partial charge in [0.05, 0.1) is 0 Å². The number of para-hydroxylation sites is 1. The van der Waals surface area contributed by atoms with E-state index in [2.05, 4.69) is 32.5 Å². The molecule has 2 aromatic heterocycles. The van der Waals surface area contributed by atoms with Gasteiger partial charge in [-0.05, 0) is 36.6 Å². The van der Waals surface area contributed by atoms with Crippen LogP contribution in [0.15, 0.2) is 66.9 Å². The average Bonchev–Trinajstić information content (AvgIpc) is 3.10. The van der Waals surface area contributed by atoms with Crippen molar-refractivity contribution in [3.8, 4) is 0 Å². The number of carbonyl (C=O) groups is 1. The normalized spacial score (nSPS) is 10.8. The first-order valence-corrected chi connectivity index (χ1v) is 8.32. The lowest BCUT2D eigenvalue weighted by Gasteiger charge is -2.10. The maximum atomic E-state index is 12.6. The van der Waals surface area contributed by atoms with Gasteiger partial charge in [-0.25, -0.2) is 9.50 Å². The van der Waals surface area contributed by atoms with E-state index >= 15 is 0 Å². The summed E-state index contributed by atoms with van der Waals surface area (Å²) < 4.78 is 1.56. The van der Waals surface area contributed by atoms with Crippen LogP contribution in [0.5, 0.6) is 0 Å². The van der Waals surface area contributed by atoms with Crippen LogP contribution in [0, 0.1) is 6.92 Å². The largest absolute Gasteiger partial charge is 0.319 e. The van der Waals surface area contributed by atoms with Crippen LogP contribution in [0.2, 0.25) is 0 Å². The monoisotopic (exact) mass is 343 g/mol. The van der Waals surface area contributed by atoms with Crippen molar-refractivity contribution in [2.45, 2.75) is 13.3 Å². The third-order valence-electron chi connectivity index (χ3n) is 4.14. The Kier molecular flexibility index (Phi) is 4.15. The van der Waals surface area contributed by atoms with Crippen molar-refractivity contribution in [3.05, 3.63) is 89.5 Å². The van der Waals surface area contributed by atoms with Crippen LogP contribution in [0.3, 0.4) is 0 Å². The lowest BCUT2D eigenvalue weighted by atomic mass is 10.0. The van der Waals surface area contributed by atoms with E-state index in [0.717, 1.165) is 23.4 Å². The lowest BCUT2D eigenvalue weighted by Crippen LogP contribution is -2.15. The van der Waals surface area contributed by atoms with Crippen molar-refractivity contribution < 1.29 is 4.79 Å². The van der Waals surface area contributed by atoms with Gasteiger partial charge < -0.3 is 5.32 Å². The molecule has 0 fully saturated rings. The number of aromatic nitrogens is 4. The second-order valence-electron chi connectivity index (χ2n) is 6.01. The average molecular weight is 343 g/mol. The van der Waals surface area contributed by atoms with Crippen molar-refractivity contribution in [1.29, 1.82) is 0 Å². The van der Waals surface area contributed by atoms with Gasteiger partial charge in [0.2, 0.25) is 5.82 Å². The quantitative estimate of drug-likeness (QED) is 0.617. The Balaban J connectivity index is 1.60. The van der Waals surface area contributed by atoms with Gasteiger partial charge in [0.15, 0.2) is 0 Å². The second-order valence-corrected chi connectivity index (χ2v) is 6.01. The number of aryl methyl sites for hydroxylation is 1. The first-order valence-electron chi connectivity index (χ1n) is 8.32. The molecule has 26 heavy (non-hydrogen) atoms. The minimum Gasteiger partial charge on any atom is -0.319 e. The number of fused-ring (bicyclic) bond motifs is 1. The van der Waals surface area contributed by atoms with Gasteiger partial charge in [-0.15, -0.1) is 5.10 Å². The molecule has 4 rings (SSSR count). The lowest BCUT2D eigenvalue weighted by molar-refractivity contribution is 0.101. The summed E-state index contributed by atoms with van der Waals surface area (Å²) >= 11 is 0. The molecule has 1 N–H and O–H groups in total. The van der Waals surface area contributed by atoms with Crippen molar-refractivity contribution >= 4 is 17.4 Å². The zero-order valence-electron chi connectivity index (χ0n) is 14.3. The molecule has 4 aromatic rings. The number of benzene rings is 2. The molecule has 0 radical (unpaired) electrons. The van der Waals surface area contributed by atoms with Crippen molar-refractivity contribution in [2.75, 3.05) is 5.32 Å². The minimum atomic E-state index is -0.351. The fourth-order valence-corrected chi connectivity index (χ4v) is 2.79. The van der Waals surface area contributed by atoms with E-state index in [1.807, 2.05) is 55.5 Å². The predicted octanol–water partition coefficient (Wildman–Crippen LogP) is 3.28. The zero-order chi connectivity index (χ0) is 17.9. The van der Waals surface area contributed by atoms with E-state index in [1.54, 1.807) is 10.7 Å². The van der Waals surface area contributed by atoms with Crippen LogP contribution in [0.1, 0.15) is 27.4 Å². The van der Waals surface area contributed by atoms with Gasteiger partial charge in [0.25, 0.3) is 11.7 Å². The molecular formula is C20H17N5O. The summed E-state index contributed by atoms with van der Waals surface area (Å²) in [6.45, 7) is 1.89. The molecule has 0 saturated carbocycles. The second kappa shape index (κ2) is 6.76. The summed E-state index contributed by atoms with van der Waals surface area (Å²) in [6, 6.07) is 19.7. The molecule has 2 heterocycles. The van der Waals surface area contributed by atoms with Crippen LogP contribution >= 0.6 is 0 Å². The first-order chi connectivity index (χ1) is 12.7. The van der Waals surface area contributed by atoms with E-state index in [-0.39, 0.29) is 11.7 Å². The van der Waals surface area contributed by atoms with Crippen molar-refractivity contribution in [3.63, 3.8) is 0 Å². The molecule has 0 atom stereocenters. The number of anilines is 1. The summed E-state index contributed by atoms with van der Waals surface area (Å²) in [7, 11) is 0. The standard InChI is InChI=1S/C20H17N5O/c1-14-11-12-21-20-23-18(24-25(14)20)19(26)22-17-10-6-5-9-16(17)13-15-7-3-2-4-8-15/h2-12H,13H2,1H3,(H,22,26). The van der Waals surface area contributed by atoms with Crippen LogP contribution in [0.4, 0.5) is 5.69 Å². The Morgan fingerprint density at radius 1 is 1.04 bits per heavy atom. The first kappa shape index (κ1) is 16.0. The van der Waals surface area contributed by atoms with Crippen LogP contribution in [-0.2, 0) is 6.42 Å². The van der Waals surface area contributed by atoms with Crippen molar-refractivity contribution in [2.24, 2.45) is 0 Å². The summed E-state index contributed by atoms with van der Waals surface area (Å²) in [5.74, 6) is 0.157. The molecule has 6 heteroatoms. The van der Waals surface area contributed by atoms with Gasteiger partial charge in [0.1, 0.15) is 0 Å². The molecule has 0 aliphatic rings. The molecule has 0 aliphatic heterocycles. The van der Waals surface area contributed by atoms with E-state index in [9.17, 15) is 4.79 Å². The fraction of sp³-hybridized carbons (Fsp3) is 0.100. The summed E-state index contributed by atoms with van der Waals surface area (Å²) in [4.78, 5) is 21.0. The fourth-order valence-electron chi connectivity index (χ4n) is 2.79. The molecule has 0 spiro atoms. The molecule has 128 valence electrons. The number of carbonyl (C=O) groups excluding carboxylic acids is 1. The molecule has 0 bridgehead atoms. The Bertz CT molecular complexity index is 1070. The van der Waals surface area contributed by atoms with Crippen LogP contribution in [0.25, 0.3) is 5.78 Å². The van der Waals surface area contributed by atoms with E-state index in [4.69, 9.17) is 0 Å². The molecule has 0 unspecified atom stereocenters. The molecular weight excluding hydrogens is 326 g/mol. The van der Waals surface area contributed by atoms with Gasteiger partial charge in [-0.2, -0.15) is 4.98 Å². The molecule has 0 saturated heterocycles. The molecule has 6 nitrogen and oxygen atoms in total. The highest BCUT2D eigenvalue weighted by atomic mass is 16.2. The summed E-state index contributed by atoms with van der Waals surface area (Å²) in [6.07, 6.45) is 2.38. The van der Waals surface area contributed by atoms with Crippen LogP contribution in [-0.4, -0.2) is 25.5 Å². The smallest absolute Gasteiger partial charge is 0.295 e. The molecule has 0 aliphatic carbocycles. The highest BCUT2D eigenvalue weighted by Crippen LogP contribution is 2.19. The van der Waals surface area contributed by atoms with E-state index < -0.39 is 0 Å². The van der Waals surface area contributed by atoms with Gasteiger partial charge in [0, 0.05) is 17.6 Å². The van der Waals surface area contributed by atoms with Crippen LogP contribution < -0.4 is 5.32 Å². The maximum Gasteiger partial charge on any atom is 0.295 e. The minimum absolute atomic E-state index is 0.0984. The SMILES string of the molecule is Cc1ccnc2nc(C(=O)Nc3ccccc3Cc3ccccc3)nn12. The third-order valence-corrected chi connectivity index (χ3v) is 4.14. The van der Waals surface area contributed by atoms with Gasteiger partial charge in [-0.3, -0.25) is 4.79 Å². The Hall–Kier alpha value is -3.54. The van der Waals surface area contributed by atoms with E-state index in [0.29, 0.717) is 5.78 Å². The topological polar surface area (TPSA) is 72.2 Å². The Morgan fingerprint density at radius 3 is 2.62 bits per heavy atom. The highest BCUT2D eigenvalue weighted by Gasteiger charge is 2.16. The number of nitrogens with zero attached hydrogens (tertiary/aromatic N) is 4. The molecule has 1 amide bonds. The van der Waals surface area contributed by atoms with Gasteiger partial charge >= 0.3 is 0 Å². The van der Waals surface area contributed by atoms with Gasteiger partial charge in [-0.1, -0.05) is 48.5 Å².